The van der Waals surface area contributed by atoms with Gasteiger partial charge < -0.3 is 4.90 Å². The average molecular weight is 581 g/mol. The van der Waals surface area contributed by atoms with E-state index in [0.29, 0.717) is 23.3 Å². The van der Waals surface area contributed by atoms with Crippen LogP contribution in [0.1, 0.15) is 56.9 Å². The van der Waals surface area contributed by atoms with Crippen LogP contribution in [0.2, 0.25) is 0 Å². The fraction of sp³-hybridized carbons (Fsp3) is 0.429. The van der Waals surface area contributed by atoms with Crippen LogP contribution in [-0.2, 0) is 16.0 Å². The van der Waals surface area contributed by atoms with Crippen LogP contribution >= 0.6 is 34.9 Å². The van der Waals surface area contributed by atoms with Gasteiger partial charge in [0.05, 0.1) is 10.4 Å². The number of hydrogen-bond donors (Lipinski definition) is 0. The van der Waals surface area contributed by atoms with Crippen molar-refractivity contribution >= 4 is 83.9 Å². The summed E-state index contributed by atoms with van der Waals surface area (Å²) in [5.41, 5.74) is 3.61. The normalized spacial score (nSPS) is 15.9. The lowest BCUT2D eigenvalue weighted by Crippen LogP contribution is -2.56. The maximum atomic E-state index is 13.1. The number of anilines is 1. The average Bonchev–Trinajstić information content (AvgIpc) is 3.62. The van der Waals surface area contributed by atoms with Crippen molar-refractivity contribution in [3.8, 4) is 0 Å². The SMILES string of the molecule is CCCCN1CCc2cc(/N=N/c3nc4sc(C=C5C(=O)N(CCC)C(=S)N(CCC)C5=O)cc4s3)ccc21. The van der Waals surface area contributed by atoms with Crippen LogP contribution < -0.4 is 4.90 Å². The molecule has 4 heterocycles. The third kappa shape index (κ3) is 5.66. The molecule has 0 spiro atoms. The molecule has 11 heteroatoms. The van der Waals surface area contributed by atoms with Crippen LogP contribution in [0.3, 0.4) is 0 Å². The largest absolute Gasteiger partial charge is 0.371 e. The predicted octanol–water partition coefficient (Wildman–Crippen LogP) is 7.09. The second-order valence-electron chi connectivity index (χ2n) is 9.67. The molecule has 39 heavy (non-hydrogen) atoms. The maximum absolute atomic E-state index is 13.1. The highest BCUT2D eigenvalue weighted by Gasteiger charge is 2.38. The van der Waals surface area contributed by atoms with Crippen molar-refractivity contribution in [3.63, 3.8) is 0 Å². The quantitative estimate of drug-likeness (QED) is 0.111. The van der Waals surface area contributed by atoms with Gasteiger partial charge >= 0.3 is 0 Å². The highest BCUT2D eigenvalue weighted by atomic mass is 32.1. The molecule has 2 amide bonds. The Bertz CT molecular complexity index is 1410. The van der Waals surface area contributed by atoms with Crippen molar-refractivity contribution in [2.45, 2.75) is 52.9 Å². The van der Waals surface area contributed by atoms with Gasteiger partial charge in [0.25, 0.3) is 11.8 Å². The summed E-state index contributed by atoms with van der Waals surface area (Å²) in [4.78, 5) is 38.0. The fourth-order valence-electron chi connectivity index (χ4n) is 4.86. The maximum Gasteiger partial charge on any atom is 0.265 e. The molecule has 2 aliphatic rings. The van der Waals surface area contributed by atoms with Crippen molar-refractivity contribution in [2.75, 3.05) is 31.1 Å². The number of fused-ring (bicyclic) bond motifs is 2. The fourth-order valence-corrected chi connectivity index (χ4v) is 7.20. The van der Waals surface area contributed by atoms with Crippen LogP contribution in [0.25, 0.3) is 15.6 Å². The number of rotatable bonds is 10. The number of thiophene rings is 1. The lowest BCUT2D eigenvalue weighted by Gasteiger charge is -2.36. The van der Waals surface area contributed by atoms with Crippen molar-refractivity contribution in [2.24, 2.45) is 10.2 Å². The van der Waals surface area contributed by atoms with Gasteiger partial charge in [-0.2, -0.15) is 0 Å². The molecule has 0 unspecified atom stereocenters. The molecule has 8 nitrogen and oxygen atoms in total. The standard InChI is InChI=1S/C28H32N6O2S3/c1-4-7-13-32-14-10-18-15-19(8-9-22(18)32)30-31-27-29-24-23(39-27)17-20(38-24)16-21-25(35)33(11-5-2)28(37)34(12-6-3)26(21)36/h8-9,15-17H,4-7,10-14H2,1-3H3/b31-30+. The molecule has 1 aromatic carbocycles. The Balaban J connectivity index is 1.33. The predicted molar refractivity (Wildman–Crippen MR) is 164 cm³/mol. The second-order valence-corrected chi connectivity index (χ2v) is 12.1. The summed E-state index contributed by atoms with van der Waals surface area (Å²) >= 11 is 8.34. The molecule has 0 radical (unpaired) electrons. The Kier molecular flexibility index (Phi) is 8.49. The molecule has 1 saturated heterocycles. The summed E-state index contributed by atoms with van der Waals surface area (Å²) in [6.07, 6.45) is 6.63. The molecule has 0 atom stereocenters. The first-order chi connectivity index (χ1) is 18.9. The zero-order chi connectivity index (χ0) is 27.5. The minimum absolute atomic E-state index is 0.143. The zero-order valence-corrected chi connectivity index (χ0v) is 24.9. The number of benzene rings is 1. The van der Waals surface area contributed by atoms with Crippen molar-refractivity contribution in [1.29, 1.82) is 0 Å². The third-order valence-corrected chi connectivity index (χ3v) is 9.21. The second kappa shape index (κ2) is 12.0. The number of carbonyl (C=O) groups is 2. The summed E-state index contributed by atoms with van der Waals surface area (Å²) in [6, 6.07) is 8.24. The lowest BCUT2D eigenvalue weighted by molar-refractivity contribution is -0.133. The molecule has 0 bridgehead atoms. The molecular weight excluding hydrogens is 549 g/mol. The monoisotopic (exact) mass is 580 g/mol. The third-order valence-electron chi connectivity index (χ3n) is 6.78. The van der Waals surface area contributed by atoms with Gasteiger partial charge in [-0.15, -0.1) is 21.6 Å². The van der Waals surface area contributed by atoms with E-state index in [9.17, 15) is 9.59 Å². The molecule has 0 aliphatic carbocycles. The summed E-state index contributed by atoms with van der Waals surface area (Å²) < 4.78 is 0.948. The van der Waals surface area contributed by atoms with E-state index in [-0.39, 0.29) is 17.4 Å². The van der Waals surface area contributed by atoms with Crippen LogP contribution in [0, 0.1) is 0 Å². The van der Waals surface area contributed by atoms with Gasteiger partial charge in [0.15, 0.2) is 5.11 Å². The van der Waals surface area contributed by atoms with Gasteiger partial charge in [0, 0.05) is 36.7 Å². The van der Waals surface area contributed by atoms with Crippen LogP contribution in [0.5, 0.6) is 0 Å². The number of aromatic nitrogens is 1. The number of amides is 2. The Morgan fingerprint density at radius 3 is 2.38 bits per heavy atom. The summed E-state index contributed by atoms with van der Waals surface area (Å²) in [5.74, 6) is -0.664. The first-order valence-electron chi connectivity index (χ1n) is 13.5. The topological polar surface area (TPSA) is 81.5 Å². The van der Waals surface area contributed by atoms with Crippen molar-refractivity contribution in [3.05, 3.63) is 40.3 Å². The number of thiazole rings is 1. The van der Waals surface area contributed by atoms with Crippen LogP contribution in [0.4, 0.5) is 16.5 Å². The Hall–Kier alpha value is -3.02. The first-order valence-corrected chi connectivity index (χ1v) is 15.6. The molecule has 0 N–H and O–H groups in total. The Morgan fingerprint density at radius 2 is 1.72 bits per heavy atom. The first kappa shape index (κ1) is 27.5. The molecule has 5 rings (SSSR count). The number of hydrogen-bond acceptors (Lipinski definition) is 9. The van der Waals surface area contributed by atoms with E-state index in [1.54, 1.807) is 6.08 Å². The number of azo groups is 1. The molecule has 0 saturated carbocycles. The highest BCUT2D eigenvalue weighted by molar-refractivity contribution is 7.80. The molecule has 204 valence electrons. The van der Waals surface area contributed by atoms with E-state index >= 15 is 0 Å². The lowest BCUT2D eigenvalue weighted by atomic mass is 10.1. The molecule has 1 fully saturated rings. The zero-order valence-electron chi connectivity index (χ0n) is 22.5. The summed E-state index contributed by atoms with van der Waals surface area (Å²) in [6.45, 7) is 9.33. The smallest absolute Gasteiger partial charge is 0.265 e. The minimum atomic E-state index is -0.332. The molecule has 3 aromatic rings. The van der Waals surface area contributed by atoms with Gasteiger partial charge in [-0.1, -0.05) is 38.5 Å². The van der Waals surface area contributed by atoms with E-state index < -0.39 is 0 Å². The highest BCUT2D eigenvalue weighted by Crippen LogP contribution is 2.37. The van der Waals surface area contributed by atoms with E-state index in [2.05, 4.69) is 39.2 Å². The molecule has 2 aliphatic heterocycles. The van der Waals surface area contributed by atoms with E-state index in [4.69, 9.17) is 12.2 Å². The van der Waals surface area contributed by atoms with E-state index in [1.165, 1.54) is 56.6 Å². The Labute approximate surface area is 242 Å². The van der Waals surface area contributed by atoms with Crippen LogP contribution in [-0.4, -0.2) is 57.9 Å². The Morgan fingerprint density at radius 1 is 0.974 bits per heavy atom. The van der Waals surface area contributed by atoms with Gasteiger partial charge in [-0.05, 0) is 73.8 Å². The van der Waals surface area contributed by atoms with E-state index in [0.717, 1.165) is 52.4 Å². The number of thiocarbonyl (C=S) groups is 1. The number of carbonyl (C=O) groups excluding carboxylic acids is 2. The minimum Gasteiger partial charge on any atom is -0.371 e. The summed E-state index contributed by atoms with van der Waals surface area (Å²) in [7, 11) is 0. The van der Waals surface area contributed by atoms with Crippen molar-refractivity contribution in [1.82, 2.24) is 14.8 Å². The van der Waals surface area contributed by atoms with Crippen molar-refractivity contribution < 1.29 is 9.59 Å². The molecule has 2 aromatic heterocycles. The number of nitrogens with zero attached hydrogens (tertiary/aromatic N) is 6. The van der Waals surface area contributed by atoms with Crippen LogP contribution in [0.15, 0.2) is 40.1 Å². The van der Waals surface area contributed by atoms with Gasteiger partial charge in [-0.3, -0.25) is 19.4 Å². The van der Waals surface area contributed by atoms with E-state index in [1.807, 2.05) is 26.0 Å². The van der Waals surface area contributed by atoms with Gasteiger partial charge in [0.1, 0.15) is 10.4 Å². The number of unbranched alkanes of at least 4 members (excludes halogenated alkanes) is 1. The van der Waals surface area contributed by atoms with Gasteiger partial charge in [-0.25, -0.2) is 4.98 Å². The van der Waals surface area contributed by atoms with Gasteiger partial charge in [0.2, 0.25) is 5.13 Å². The summed E-state index contributed by atoms with van der Waals surface area (Å²) in [5, 5.41) is 9.72. The molecular formula is C28H32N6O2S3.